The van der Waals surface area contributed by atoms with E-state index in [9.17, 15) is 18.7 Å². The highest BCUT2D eigenvalue weighted by molar-refractivity contribution is 7.92. The molecular formula is C15H16N2O7S. The summed E-state index contributed by atoms with van der Waals surface area (Å²) in [5, 5.41) is 29.3. The van der Waals surface area contributed by atoms with Crippen molar-refractivity contribution in [2.45, 2.75) is 4.90 Å². The topological polar surface area (TPSA) is 129 Å². The van der Waals surface area contributed by atoms with Crippen LogP contribution in [0.2, 0.25) is 0 Å². The van der Waals surface area contributed by atoms with Crippen LogP contribution in [0.25, 0.3) is 0 Å². The third-order valence-corrected chi connectivity index (χ3v) is 4.92. The first kappa shape index (κ1) is 17.1. The predicted octanol–water partition coefficient (Wildman–Crippen LogP) is 1.11. The van der Waals surface area contributed by atoms with Crippen LogP contribution in [0.4, 0.5) is 11.4 Å². The molecular weight excluding hydrogens is 352 g/mol. The van der Waals surface area contributed by atoms with Crippen LogP contribution < -0.4 is 19.3 Å². The maximum absolute atomic E-state index is 12.5. The molecule has 0 spiro atoms. The molecule has 134 valence electrons. The molecule has 0 amide bonds. The van der Waals surface area contributed by atoms with Gasteiger partial charge in [-0.3, -0.25) is 9.93 Å². The second-order valence-electron chi connectivity index (χ2n) is 5.16. The van der Waals surface area contributed by atoms with E-state index in [-0.39, 0.29) is 35.2 Å². The Balaban J connectivity index is 1.89. The summed E-state index contributed by atoms with van der Waals surface area (Å²) in [4.78, 5) is -0.378. The van der Waals surface area contributed by atoms with E-state index in [0.29, 0.717) is 5.75 Å². The predicted molar refractivity (Wildman–Crippen MR) is 87.7 cm³/mol. The Morgan fingerprint density at radius 2 is 1.96 bits per heavy atom. The lowest BCUT2D eigenvalue weighted by molar-refractivity contribution is 0.0985. The van der Waals surface area contributed by atoms with Gasteiger partial charge in [-0.15, -0.1) is 0 Å². The van der Waals surface area contributed by atoms with Crippen molar-refractivity contribution in [2.24, 2.45) is 0 Å². The van der Waals surface area contributed by atoms with E-state index in [2.05, 4.69) is 4.72 Å². The Labute approximate surface area is 143 Å². The Morgan fingerprint density at radius 1 is 1.24 bits per heavy atom. The number of nitrogens with one attached hydrogen (secondary N) is 1. The quantitative estimate of drug-likeness (QED) is 0.578. The molecule has 10 heteroatoms. The van der Waals surface area contributed by atoms with E-state index in [1.807, 2.05) is 0 Å². The zero-order valence-corrected chi connectivity index (χ0v) is 13.7. The van der Waals surface area contributed by atoms with Crippen molar-refractivity contribution < 1.29 is 33.3 Å². The maximum atomic E-state index is 12.5. The molecule has 0 saturated carbocycles. The standard InChI is InChI=1S/C15H16N2O7S/c18-9-24-11-3-1-10(2-4-11)16-25(21,22)15-8-14-12(7-13(15)19)17(20)5-6-23-14/h1-4,7-8,16,18-20H,5-6,9H2. The molecule has 0 fully saturated rings. The number of phenols is 1. The van der Waals surface area contributed by atoms with Crippen LogP contribution in [0.3, 0.4) is 0 Å². The zero-order valence-electron chi connectivity index (χ0n) is 12.9. The van der Waals surface area contributed by atoms with Crippen molar-refractivity contribution in [3.8, 4) is 17.2 Å². The molecule has 2 aromatic rings. The molecule has 0 aromatic heterocycles. The molecule has 1 heterocycles. The number of hydroxylamine groups is 1. The Kier molecular flexibility index (Phi) is 4.57. The smallest absolute Gasteiger partial charge is 0.265 e. The number of phenolic OH excluding ortho intramolecular Hbond substituents is 1. The third kappa shape index (κ3) is 3.55. The monoisotopic (exact) mass is 368 g/mol. The van der Waals surface area contributed by atoms with Gasteiger partial charge in [-0.2, -0.15) is 0 Å². The van der Waals surface area contributed by atoms with E-state index in [0.717, 1.165) is 17.2 Å². The highest BCUT2D eigenvalue weighted by Crippen LogP contribution is 2.38. The second kappa shape index (κ2) is 6.67. The highest BCUT2D eigenvalue weighted by atomic mass is 32.2. The van der Waals surface area contributed by atoms with Crippen molar-refractivity contribution in [1.29, 1.82) is 0 Å². The molecule has 0 aliphatic carbocycles. The van der Waals surface area contributed by atoms with E-state index in [1.54, 1.807) is 0 Å². The van der Waals surface area contributed by atoms with Crippen LogP contribution in [0.15, 0.2) is 41.3 Å². The first-order valence-corrected chi connectivity index (χ1v) is 8.72. The fourth-order valence-corrected chi connectivity index (χ4v) is 3.49. The molecule has 1 aliphatic heterocycles. The molecule has 25 heavy (non-hydrogen) atoms. The molecule has 0 unspecified atom stereocenters. The number of sulfonamides is 1. The van der Waals surface area contributed by atoms with Gasteiger partial charge < -0.3 is 19.7 Å². The van der Waals surface area contributed by atoms with E-state index < -0.39 is 22.6 Å². The maximum Gasteiger partial charge on any atom is 0.265 e. The van der Waals surface area contributed by atoms with Gasteiger partial charge in [0.2, 0.25) is 0 Å². The minimum absolute atomic E-state index is 0.151. The lowest BCUT2D eigenvalue weighted by Gasteiger charge is -2.26. The fourth-order valence-electron chi connectivity index (χ4n) is 2.34. The Morgan fingerprint density at radius 3 is 2.64 bits per heavy atom. The largest absolute Gasteiger partial charge is 0.506 e. The fraction of sp³-hybridized carbons (Fsp3) is 0.200. The van der Waals surface area contributed by atoms with E-state index in [4.69, 9.17) is 14.6 Å². The van der Waals surface area contributed by atoms with Crippen LogP contribution in [0.1, 0.15) is 0 Å². The van der Waals surface area contributed by atoms with Crippen LogP contribution in [0.5, 0.6) is 17.2 Å². The minimum atomic E-state index is -4.09. The number of fused-ring (bicyclic) bond motifs is 1. The van der Waals surface area contributed by atoms with E-state index in [1.165, 1.54) is 24.3 Å². The van der Waals surface area contributed by atoms with Crippen molar-refractivity contribution in [3.63, 3.8) is 0 Å². The average Bonchev–Trinajstić information content (AvgIpc) is 2.57. The zero-order chi connectivity index (χ0) is 18.0. The molecule has 0 radical (unpaired) electrons. The number of anilines is 2. The molecule has 0 bridgehead atoms. The number of benzene rings is 2. The van der Waals surface area contributed by atoms with Gasteiger partial charge in [0, 0.05) is 17.8 Å². The number of aliphatic hydroxyl groups excluding tert-OH is 1. The second-order valence-corrected chi connectivity index (χ2v) is 6.81. The number of aliphatic hydroxyl groups is 1. The van der Waals surface area contributed by atoms with Crippen molar-refractivity contribution in [3.05, 3.63) is 36.4 Å². The molecule has 4 N–H and O–H groups in total. The van der Waals surface area contributed by atoms with E-state index >= 15 is 0 Å². The van der Waals surface area contributed by atoms with Gasteiger partial charge in [0.1, 0.15) is 34.4 Å². The normalized spacial score (nSPS) is 13.8. The SMILES string of the molecule is O=S(=O)(Nc1ccc(OCO)cc1)c1cc2c(cc1O)N(O)CCO2. The number of aromatic hydroxyl groups is 1. The van der Waals surface area contributed by atoms with Gasteiger partial charge >= 0.3 is 0 Å². The number of nitrogens with zero attached hydrogens (tertiary/aromatic N) is 1. The van der Waals surface area contributed by atoms with Gasteiger partial charge in [-0.25, -0.2) is 13.5 Å². The molecule has 2 aromatic carbocycles. The van der Waals surface area contributed by atoms with Crippen molar-refractivity contribution in [1.82, 2.24) is 0 Å². The molecule has 0 atom stereocenters. The number of ether oxygens (including phenoxy) is 2. The molecule has 9 nitrogen and oxygen atoms in total. The summed E-state index contributed by atoms with van der Waals surface area (Å²) >= 11 is 0. The van der Waals surface area contributed by atoms with Crippen molar-refractivity contribution >= 4 is 21.4 Å². The van der Waals surface area contributed by atoms with Gasteiger partial charge in [0.25, 0.3) is 10.0 Å². The van der Waals surface area contributed by atoms with Gasteiger partial charge in [-0.05, 0) is 24.3 Å². The summed E-state index contributed by atoms with van der Waals surface area (Å²) in [5.74, 6) is 0.00756. The van der Waals surface area contributed by atoms with Crippen LogP contribution in [-0.4, -0.2) is 43.8 Å². The third-order valence-electron chi connectivity index (χ3n) is 3.51. The van der Waals surface area contributed by atoms with Crippen LogP contribution in [0, 0.1) is 0 Å². The first-order valence-electron chi connectivity index (χ1n) is 7.23. The van der Waals surface area contributed by atoms with Crippen LogP contribution in [-0.2, 0) is 10.0 Å². The summed E-state index contributed by atoms with van der Waals surface area (Å²) in [6.45, 7) is -0.0947. The molecule has 0 saturated heterocycles. The highest BCUT2D eigenvalue weighted by Gasteiger charge is 2.25. The lowest BCUT2D eigenvalue weighted by atomic mass is 10.2. The number of rotatable bonds is 5. The summed E-state index contributed by atoms with van der Waals surface area (Å²) < 4.78 is 37.6. The Hall–Kier alpha value is -2.69. The Bertz CT molecular complexity index is 868. The van der Waals surface area contributed by atoms with Crippen LogP contribution >= 0.6 is 0 Å². The minimum Gasteiger partial charge on any atom is -0.506 e. The summed E-state index contributed by atoms with van der Waals surface area (Å²) in [5.41, 5.74) is 0.431. The van der Waals surface area contributed by atoms with Gasteiger partial charge in [-0.1, -0.05) is 0 Å². The summed E-state index contributed by atoms with van der Waals surface area (Å²) in [7, 11) is -4.09. The summed E-state index contributed by atoms with van der Waals surface area (Å²) in [6, 6.07) is 8.13. The van der Waals surface area contributed by atoms with Gasteiger partial charge in [0.15, 0.2) is 6.79 Å². The van der Waals surface area contributed by atoms with Crippen molar-refractivity contribution in [2.75, 3.05) is 29.7 Å². The van der Waals surface area contributed by atoms with Gasteiger partial charge in [0.05, 0.1) is 6.54 Å². The molecule has 1 aliphatic rings. The number of hydrogen-bond acceptors (Lipinski definition) is 8. The molecule has 3 rings (SSSR count). The first-order chi connectivity index (χ1) is 11.9. The lowest BCUT2D eigenvalue weighted by Crippen LogP contribution is -2.29. The number of hydrogen-bond donors (Lipinski definition) is 4. The average molecular weight is 368 g/mol. The summed E-state index contributed by atoms with van der Waals surface area (Å²) in [6.07, 6.45) is 0.